The number of hydrazone groups is 1. The maximum Gasteiger partial charge on any atom is 0.271 e. The molecule has 1 amide bonds. The SMILES string of the molecule is C/C(=N\NC(=O)c1ccc(N(C)S(=O)(=O)c2ccccc2)cc1)c1cccc(I)c1. The Bertz CT molecular complexity index is 1180. The van der Waals surface area contributed by atoms with Gasteiger partial charge in [0.15, 0.2) is 0 Å². The average Bonchev–Trinajstić information content (AvgIpc) is 2.77. The van der Waals surface area contributed by atoms with Crippen molar-refractivity contribution >= 4 is 49.9 Å². The molecule has 0 aliphatic heterocycles. The van der Waals surface area contributed by atoms with Gasteiger partial charge in [0.1, 0.15) is 0 Å². The number of carbonyl (C=O) groups excluding carboxylic acids is 1. The summed E-state index contributed by atoms with van der Waals surface area (Å²) in [5, 5.41) is 4.16. The number of anilines is 1. The van der Waals surface area contributed by atoms with Crippen LogP contribution in [0.15, 0.2) is 88.9 Å². The number of rotatable bonds is 6. The van der Waals surface area contributed by atoms with Gasteiger partial charge in [-0.05, 0) is 83.6 Å². The molecular formula is C22H20IN3O3S. The quantitative estimate of drug-likeness (QED) is 0.292. The molecule has 0 aliphatic rings. The molecule has 0 atom stereocenters. The molecule has 0 spiro atoms. The van der Waals surface area contributed by atoms with Crippen molar-refractivity contribution in [1.29, 1.82) is 0 Å². The zero-order valence-corrected chi connectivity index (χ0v) is 19.4. The van der Waals surface area contributed by atoms with Crippen molar-refractivity contribution in [3.63, 3.8) is 0 Å². The molecule has 6 nitrogen and oxygen atoms in total. The van der Waals surface area contributed by atoms with E-state index in [-0.39, 0.29) is 10.8 Å². The lowest BCUT2D eigenvalue weighted by atomic mass is 10.1. The van der Waals surface area contributed by atoms with Crippen LogP contribution in [-0.4, -0.2) is 27.1 Å². The lowest BCUT2D eigenvalue weighted by Gasteiger charge is -2.19. The van der Waals surface area contributed by atoms with Gasteiger partial charge in [-0.2, -0.15) is 5.10 Å². The van der Waals surface area contributed by atoms with Gasteiger partial charge in [0, 0.05) is 16.2 Å². The smallest absolute Gasteiger partial charge is 0.269 e. The fourth-order valence-corrected chi connectivity index (χ4v) is 4.45. The third kappa shape index (κ3) is 5.06. The first kappa shape index (κ1) is 22.0. The number of halogens is 1. The summed E-state index contributed by atoms with van der Waals surface area (Å²) in [6.45, 7) is 1.82. The first-order chi connectivity index (χ1) is 14.3. The van der Waals surface area contributed by atoms with E-state index in [1.807, 2.05) is 31.2 Å². The van der Waals surface area contributed by atoms with Gasteiger partial charge < -0.3 is 0 Å². The van der Waals surface area contributed by atoms with E-state index >= 15 is 0 Å². The van der Waals surface area contributed by atoms with Crippen molar-refractivity contribution in [2.75, 3.05) is 11.4 Å². The highest BCUT2D eigenvalue weighted by Gasteiger charge is 2.21. The molecule has 1 N–H and O–H groups in total. The van der Waals surface area contributed by atoms with Gasteiger partial charge in [-0.1, -0.05) is 30.3 Å². The van der Waals surface area contributed by atoms with Crippen LogP contribution in [0.5, 0.6) is 0 Å². The van der Waals surface area contributed by atoms with E-state index in [0.717, 1.165) is 9.13 Å². The van der Waals surface area contributed by atoms with Crippen LogP contribution < -0.4 is 9.73 Å². The second-order valence-corrected chi connectivity index (χ2v) is 9.70. The highest BCUT2D eigenvalue weighted by Crippen LogP contribution is 2.22. The molecule has 154 valence electrons. The van der Waals surface area contributed by atoms with Gasteiger partial charge in [-0.3, -0.25) is 9.10 Å². The summed E-state index contributed by atoms with van der Waals surface area (Å²) in [5.74, 6) is -0.375. The number of amides is 1. The third-order valence-electron chi connectivity index (χ3n) is 4.46. The number of carbonyl (C=O) groups is 1. The number of nitrogens with zero attached hydrogens (tertiary/aromatic N) is 2. The van der Waals surface area contributed by atoms with Gasteiger partial charge >= 0.3 is 0 Å². The Labute approximate surface area is 189 Å². The molecule has 0 saturated carbocycles. The van der Waals surface area contributed by atoms with Crippen molar-refractivity contribution in [2.24, 2.45) is 5.10 Å². The first-order valence-electron chi connectivity index (χ1n) is 9.03. The zero-order valence-electron chi connectivity index (χ0n) is 16.4. The molecule has 3 aromatic rings. The minimum atomic E-state index is -3.67. The average molecular weight is 533 g/mol. The first-order valence-corrected chi connectivity index (χ1v) is 11.6. The van der Waals surface area contributed by atoms with Gasteiger partial charge in [0.2, 0.25) is 0 Å². The molecule has 8 heteroatoms. The maximum atomic E-state index is 12.7. The van der Waals surface area contributed by atoms with Crippen LogP contribution in [0.3, 0.4) is 0 Å². The molecule has 0 aromatic heterocycles. The topological polar surface area (TPSA) is 78.8 Å². The monoisotopic (exact) mass is 533 g/mol. The van der Waals surface area contributed by atoms with Crippen LogP contribution in [0.2, 0.25) is 0 Å². The van der Waals surface area contributed by atoms with E-state index in [1.165, 1.54) is 11.4 Å². The van der Waals surface area contributed by atoms with Crippen molar-refractivity contribution in [1.82, 2.24) is 5.43 Å². The number of hydrogen-bond donors (Lipinski definition) is 1. The van der Waals surface area contributed by atoms with E-state index in [2.05, 4.69) is 33.1 Å². The molecule has 0 saturated heterocycles. The van der Waals surface area contributed by atoms with Crippen molar-refractivity contribution in [2.45, 2.75) is 11.8 Å². The van der Waals surface area contributed by atoms with Crippen LogP contribution >= 0.6 is 22.6 Å². The van der Waals surface area contributed by atoms with E-state index in [0.29, 0.717) is 17.0 Å². The molecule has 0 radical (unpaired) electrons. The normalized spacial score (nSPS) is 11.8. The van der Waals surface area contributed by atoms with Gasteiger partial charge in [-0.25, -0.2) is 13.8 Å². The largest absolute Gasteiger partial charge is 0.271 e. The van der Waals surface area contributed by atoms with Crippen LogP contribution in [0.4, 0.5) is 5.69 Å². The lowest BCUT2D eigenvalue weighted by Crippen LogP contribution is -2.26. The standard InChI is InChI=1S/C22H20IN3O3S/c1-16(18-7-6-8-19(23)15-18)24-25-22(27)17-11-13-20(14-12-17)26(2)30(28,29)21-9-4-3-5-10-21/h3-15H,1-2H3,(H,25,27)/b24-16+. The highest BCUT2D eigenvalue weighted by molar-refractivity contribution is 14.1. The Balaban J connectivity index is 1.72. The molecule has 0 aliphatic carbocycles. The summed E-state index contributed by atoms with van der Waals surface area (Å²) in [6.07, 6.45) is 0. The van der Waals surface area contributed by atoms with Crippen molar-refractivity contribution < 1.29 is 13.2 Å². The fourth-order valence-electron chi connectivity index (χ4n) is 2.69. The number of nitrogens with one attached hydrogen (secondary N) is 1. The Kier molecular flexibility index (Phi) is 6.88. The summed E-state index contributed by atoms with van der Waals surface area (Å²) >= 11 is 2.22. The Morgan fingerprint density at radius 3 is 2.23 bits per heavy atom. The highest BCUT2D eigenvalue weighted by atomic mass is 127. The molecular weight excluding hydrogens is 513 g/mol. The Morgan fingerprint density at radius 2 is 1.60 bits per heavy atom. The molecule has 30 heavy (non-hydrogen) atoms. The van der Waals surface area contributed by atoms with Gasteiger partial charge in [-0.15, -0.1) is 0 Å². The predicted octanol–water partition coefficient (Wildman–Crippen LogP) is 4.27. The van der Waals surface area contributed by atoms with Gasteiger partial charge in [0.25, 0.3) is 15.9 Å². The Morgan fingerprint density at radius 1 is 0.933 bits per heavy atom. The summed E-state index contributed by atoms with van der Waals surface area (Å²) in [7, 11) is -2.19. The van der Waals surface area contributed by atoms with Crippen LogP contribution in [0.25, 0.3) is 0 Å². The maximum absolute atomic E-state index is 12.7. The molecule has 3 aromatic carbocycles. The van der Waals surface area contributed by atoms with E-state index in [1.54, 1.807) is 54.6 Å². The minimum Gasteiger partial charge on any atom is -0.269 e. The number of hydrogen-bond acceptors (Lipinski definition) is 4. The van der Waals surface area contributed by atoms with Crippen molar-refractivity contribution in [3.05, 3.63) is 93.6 Å². The summed E-state index contributed by atoms with van der Waals surface area (Å²) < 4.78 is 27.7. The molecule has 0 fully saturated rings. The number of sulfonamides is 1. The molecule has 0 unspecified atom stereocenters. The lowest BCUT2D eigenvalue weighted by molar-refractivity contribution is 0.0955. The molecule has 3 rings (SSSR count). The summed E-state index contributed by atoms with van der Waals surface area (Å²) in [5.41, 5.74) is 4.98. The Hall–Kier alpha value is -2.72. The van der Waals surface area contributed by atoms with Crippen LogP contribution in [0.1, 0.15) is 22.8 Å². The third-order valence-corrected chi connectivity index (χ3v) is 6.93. The predicted molar refractivity (Wildman–Crippen MR) is 127 cm³/mol. The van der Waals surface area contributed by atoms with Gasteiger partial charge in [0.05, 0.1) is 16.3 Å². The fraction of sp³-hybridized carbons (Fsp3) is 0.0909. The minimum absolute atomic E-state index is 0.203. The summed E-state index contributed by atoms with van der Waals surface area (Å²) in [6, 6.07) is 22.3. The molecule has 0 heterocycles. The van der Waals surface area contributed by atoms with Crippen molar-refractivity contribution in [3.8, 4) is 0 Å². The zero-order chi connectivity index (χ0) is 21.7. The van der Waals surface area contributed by atoms with E-state index in [9.17, 15) is 13.2 Å². The van der Waals surface area contributed by atoms with Crippen LogP contribution in [0, 0.1) is 3.57 Å². The second kappa shape index (κ2) is 9.40. The summed E-state index contributed by atoms with van der Waals surface area (Å²) in [4.78, 5) is 12.6. The second-order valence-electron chi connectivity index (χ2n) is 6.48. The number of benzene rings is 3. The van der Waals surface area contributed by atoms with E-state index in [4.69, 9.17) is 0 Å². The molecule has 0 bridgehead atoms. The van der Waals surface area contributed by atoms with E-state index < -0.39 is 10.0 Å². The van der Waals surface area contributed by atoms with Crippen LogP contribution in [-0.2, 0) is 10.0 Å².